The Hall–Kier alpha value is -2.58. The van der Waals surface area contributed by atoms with Crippen LogP contribution in [-0.2, 0) is 10.0 Å². The van der Waals surface area contributed by atoms with Crippen LogP contribution in [0.5, 0.6) is 11.5 Å². The van der Waals surface area contributed by atoms with Gasteiger partial charge in [-0.2, -0.15) is 0 Å². The number of hydrogen-bond donors (Lipinski definition) is 2. The van der Waals surface area contributed by atoms with Gasteiger partial charge in [0.05, 0.1) is 20.3 Å². The van der Waals surface area contributed by atoms with Gasteiger partial charge in [0.15, 0.2) is 0 Å². The quantitative estimate of drug-likeness (QED) is 0.611. The summed E-state index contributed by atoms with van der Waals surface area (Å²) in [5, 5.41) is 2.99. The summed E-state index contributed by atoms with van der Waals surface area (Å²) < 4.78 is 39.1. The molecule has 1 saturated carbocycles. The number of rotatable bonds is 9. The number of carbonyl (C=O) groups is 1. The molecule has 7 nitrogen and oxygen atoms in total. The summed E-state index contributed by atoms with van der Waals surface area (Å²) in [5.41, 5.74) is 1.21. The molecule has 2 aromatic rings. The highest BCUT2D eigenvalue weighted by molar-refractivity contribution is 7.89. The second-order valence-electron chi connectivity index (χ2n) is 7.68. The molecule has 1 fully saturated rings. The number of carbonyl (C=O) groups excluding carboxylic acids is 1. The van der Waals surface area contributed by atoms with Gasteiger partial charge in [-0.1, -0.05) is 31.9 Å². The first-order chi connectivity index (χ1) is 14.9. The van der Waals surface area contributed by atoms with E-state index in [0.717, 1.165) is 37.0 Å². The second-order valence-corrected chi connectivity index (χ2v) is 9.36. The summed E-state index contributed by atoms with van der Waals surface area (Å²) in [7, 11) is -0.786. The van der Waals surface area contributed by atoms with E-state index in [1.165, 1.54) is 19.2 Å². The summed E-state index contributed by atoms with van der Waals surface area (Å²) in [6.45, 7) is 1.98. The molecule has 1 unspecified atom stereocenters. The van der Waals surface area contributed by atoms with E-state index in [2.05, 4.69) is 10.0 Å². The van der Waals surface area contributed by atoms with E-state index in [4.69, 9.17) is 9.47 Å². The summed E-state index contributed by atoms with van der Waals surface area (Å²) >= 11 is 0. The minimum atomic E-state index is -3.81. The molecule has 0 bridgehead atoms. The average molecular weight is 447 g/mol. The summed E-state index contributed by atoms with van der Waals surface area (Å²) in [4.78, 5) is 12.9. The van der Waals surface area contributed by atoms with E-state index in [0.29, 0.717) is 6.42 Å². The zero-order valence-corrected chi connectivity index (χ0v) is 19.0. The second kappa shape index (κ2) is 10.2. The van der Waals surface area contributed by atoms with Crippen molar-refractivity contribution in [1.82, 2.24) is 10.0 Å². The van der Waals surface area contributed by atoms with Gasteiger partial charge in [-0.05, 0) is 55.2 Å². The molecule has 168 valence electrons. The van der Waals surface area contributed by atoms with Gasteiger partial charge in [0, 0.05) is 11.6 Å². The Kier molecular flexibility index (Phi) is 7.56. The van der Waals surface area contributed by atoms with Gasteiger partial charge in [-0.3, -0.25) is 4.79 Å². The van der Waals surface area contributed by atoms with Gasteiger partial charge < -0.3 is 14.8 Å². The molecular weight excluding hydrogens is 416 g/mol. The Labute approximate surface area is 184 Å². The first-order valence-corrected chi connectivity index (χ1v) is 12.0. The Morgan fingerprint density at radius 1 is 1.06 bits per heavy atom. The fraction of sp³-hybridized carbons (Fsp3) is 0.435. The topological polar surface area (TPSA) is 93.7 Å². The Morgan fingerprint density at radius 2 is 1.74 bits per heavy atom. The van der Waals surface area contributed by atoms with Crippen molar-refractivity contribution in [2.45, 2.75) is 56.0 Å². The van der Waals surface area contributed by atoms with Crippen molar-refractivity contribution < 1.29 is 22.7 Å². The predicted molar refractivity (Wildman–Crippen MR) is 119 cm³/mol. The molecular formula is C23H30N2O5S. The normalized spacial score (nSPS) is 15.5. The SMILES string of the molecule is CCC(NC(=O)c1ccc(OC)c(S(=O)(=O)NC2CCCC2)c1)c1ccc(OC)cc1. The van der Waals surface area contributed by atoms with Crippen LogP contribution in [0.1, 0.15) is 61.0 Å². The predicted octanol–water partition coefficient (Wildman–Crippen LogP) is 3.81. The van der Waals surface area contributed by atoms with E-state index >= 15 is 0 Å². The molecule has 1 aliphatic carbocycles. The Balaban J connectivity index is 1.82. The smallest absolute Gasteiger partial charge is 0.251 e. The van der Waals surface area contributed by atoms with Crippen LogP contribution < -0.4 is 19.5 Å². The molecule has 31 heavy (non-hydrogen) atoms. The molecule has 1 amide bonds. The van der Waals surface area contributed by atoms with E-state index in [1.807, 2.05) is 31.2 Å². The fourth-order valence-corrected chi connectivity index (χ4v) is 5.35. The molecule has 0 heterocycles. The number of sulfonamides is 1. The first-order valence-electron chi connectivity index (χ1n) is 10.5. The van der Waals surface area contributed by atoms with E-state index in [-0.39, 0.29) is 34.2 Å². The highest BCUT2D eigenvalue weighted by atomic mass is 32.2. The van der Waals surface area contributed by atoms with Crippen LogP contribution in [0, 0.1) is 0 Å². The lowest BCUT2D eigenvalue weighted by Crippen LogP contribution is -2.33. The van der Waals surface area contributed by atoms with Gasteiger partial charge in [-0.15, -0.1) is 0 Å². The van der Waals surface area contributed by atoms with Crippen molar-refractivity contribution in [3.63, 3.8) is 0 Å². The molecule has 0 spiro atoms. The van der Waals surface area contributed by atoms with E-state index in [9.17, 15) is 13.2 Å². The zero-order chi connectivity index (χ0) is 22.4. The molecule has 2 aromatic carbocycles. The van der Waals surface area contributed by atoms with Crippen LogP contribution in [0.25, 0.3) is 0 Å². The molecule has 8 heteroatoms. The highest BCUT2D eigenvalue weighted by Gasteiger charge is 2.27. The van der Waals surface area contributed by atoms with Crippen LogP contribution in [-0.4, -0.2) is 34.6 Å². The average Bonchev–Trinajstić information content (AvgIpc) is 3.29. The standard InChI is InChI=1S/C23H30N2O5S/c1-4-20(16-9-12-19(29-2)13-10-16)24-23(26)17-11-14-21(30-3)22(15-17)31(27,28)25-18-7-5-6-8-18/h9-15,18,20,25H,4-8H2,1-3H3,(H,24,26). The number of ether oxygens (including phenoxy) is 2. The lowest BCUT2D eigenvalue weighted by atomic mass is 10.0. The number of hydrogen-bond acceptors (Lipinski definition) is 5. The largest absolute Gasteiger partial charge is 0.497 e. The molecule has 0 aromatic heterocycles. The molecule has 0 aliphatic heterocycles. The summed E-state index contributed by atoms with van der Waals surface area (Å²) in [5.74, 6) is 0.608. The fourth-order valence-electron chi connectivity index (χ4n) is 3.85. The van der Waals surface area contributed by atoms with Crippen molar-refractivity contribution in [2.24, 2.45) is 0 Å². The van der Waals surface area contributed by atoms with Crippen LogP contribution in [0.15, 0.2) is 47.4 Å². The van der Waals surface area contributed by atoms with Crippen molar-refractivity contribution in [3.8, 4) is 11.5 Å². The third kappa shape index (κ3) is 5.57. The molecule has 0 saturated heterocycles. The van der Waals surface area contributed by atoms with E-state index < -0.39 is 10.0 Å². The van der Waals surface area contributed by atoms with Crippen LogP contribution >= 0.6 is 0 Å². The van der Waals surface area contributed by atoms with Gasteiger partial charge in [0.1, 0.15) is 16.4 Å². The van der Waals surface area contributed by atoms with Crippen molar-refractivity contribution in [1.29, 1.82) is 0 Å². The number of amides is 1. The number of benzene rings is 2. The Morgan fingerprint density at radius 3 is 2.32 bits per heavy atom. The maximum Gasteiger partial charge on any atom is 0.251 e. The van der Waals surface area contributed by atoms with E-state index in [1.54, 1.807) is 13.2 Å². The highest BCUT2D eigenvalue weighted by Crippen LogP contribution is 2.28. The number of nitrogens with one attached hydrogen (secondary N) is 2. The zero-order valence-electron chi connectivity index (χ0n) is 18.2. The first kappa shape index (κ1) is 23.1. The van der Waals surface area contributed by atoms with Gasteiger partial charge in [0.25, 0.3) is 5.91 Å². The third-order valence-corrected chi connectivity index (χ3v) is 7.17. The van der Waals surface area contributed by atoms with Gasteiger partial charge >= 0.3 is 0 Å². The molecule has 3 rings (SSSR count). The minimum absolute atomic E-state index is 0.0213. The molecule has 1 aliphatic rings. The lowest BCUT2D eigenvalue weighted by Gasteiger charge is -2.19. The van der Waals surface area contributed by atoms with Crippen molar-refractivity contribution in [2.75, 3.05) is 14.2 Å². The Bertz CT molecular complexity index is 999. The molecule has 2 N–H and O–H groups in total. The summed E-state index contributed by atoms with van der Waals surface area (Å²) in [6.07, 6.45) is 4.35. The summed E-state index contributed by atoms with van der Waals surface area (Å²) in [6, 6.07) is 11.7. The third-order valence-electron chi connectivity index (χ3n) is 5.62. The van der Waals surface area contributed by atoms with Crippen LogP contribution in [0.3, 0.4) is 0 Å². The van der Waals surface area contributed by atoms with Crippen molar-refractivity contribution >= 4 is 15.9 Å². The molecule has 1 atom stereocenters. The molecule has 0 radical (unpaired) electrons. The van der Waals surface area contributed by atoms with Crippen LogP contribution in [0.4, 0.5) is 0 Å². The maximum absolute atomic E-state index is 13.0. The number of methoxy groups -OCH3 is 2. The van der Waals surface area contributed by atoms with Gasteiger partial charge in [-0.25, -0.2) is 13.1 Å². The van der Waals surface area contributed by atoms with Crippen LogP contribution in [0.2, 0.25) is 0 Å². The lowest BCUT2D eigenvalue weighted by molar-refractivity contribution is 0.0935. The van der Waals surface area contributed by atoms with Crippen molar-refractivity contribution in [3.05, 3.63) is 53.6 Å². The monoisotopic (exact) mass is 446 g/mol. The minimum Gasteiger partial charge on any atom is -0.497 e. The maximum atomic E-state index is 13.0. The van der Waals surface area contributed by atoms with Gasteiger partial charge in [0.2, 0.25) is 10.0 Å².